The molecule has 2 heteroatoms. The van der Waals surface area contributed by atoms with E-state index in [1.54, 1.807) is 0 Å². The number of rotatable bonds is 1. The molecule has 2 heterocycles. The highest BCUT2D eigenvalue weighted by Crippen LogP contribution is 2.53. The van der Waals surface area contributed by atoms with Gasteiger partial charge in [0.05, 0.1) is 16.4 Å². The van der Waals surface area contributed by atoms with E-state index in [0.29, 0.717) is 0 Å². The lowest BCUT2D eigenvalue weighted by molar-refractivity contribution is 0.673. The molecule has 0 fully saturated rings. The Kier molecular flexibility index (Phi) is 3.70. The monoisotopic (exact) mass is 507 g/mol. The summed E-state index contributed by atoms with van der Waals surface area (Å²) in [6.07, 6.45) is 0. The molecule has 0 atom stereocenters. The predicted molar refractivity (Wildman–Crippen MR) is 168 cm³/mol. The van der Waals surface area contributed by atoms with Crippen LogP contribution in [0.4, 0.5) is 0 Å². The number of furan rings is 1. The Balaban J connectivity index is 1.58. The Morgan fingerprint density at radius 3 is 1.90 bits per heavy atom. The molecule has 184 valence electrons. The molecule has 10 rings (SSSR count). The molecule has 0 unspecified atom stereocenters. The number of fused-ring (bicyclic) bond motifs is 14. The first-order chi connectivity index (χ1) is 19.9. The van der Waals surface area contributed by atoms with Gasteiger partial charge in [-0.15, -0.1) is 0 Å². The van der Waals surface area contributed by atoms with Crippen LogP contribution in [0.15, 0.2) is 132 Å². The number of nitrogens with zero attached hydrogens (tertiary/aromatic N) is 1. The molecule has 0 bridgehead atoms. The van der Waals surface area contributed by atoms with Gasteiger partial charge < -0.3 is 8.98 Å². The van der Waals surface area contributed by atoms with Crippen LogP contribution in [0.5, 0.6) is 0 Å². The van der Waals surface area contributed by atoms with Crippen molar-refractivity contribution in [2.75, 3.05) is 0 Å². The molecule has 7 aromatic carbocycles. The Bertz CT molecular complexity index is 2530. The Morgan fingerprint density at radius 2 is 1.05 bits per heavy atom. The van der Waals surface area contributed by atoms with E-state index >= 15 is 0 Å². The second kappa shape index (κ2) is 7.19. The summed E-state index contributed by atoms with van der Waals surface area (Å²) in [4.78, 5) is 0. The molecule has 9 aromatic rings. The van der Waals surface area contributed by atoms with Gasteiger partial charge in [-0.25, -0.2) is 0 Å². The van der Waals surface area contributed by atoms with Crippen molar-refractivity contribution in [1.82, 2.24) is 4.57 Å². The lowest BCUT2D eigenvalue weighted by Crippen LogP contribution is -1.95. The first-order valence-electron chi connectivity index (χ1n) is 13.8. The van der Waals surface area contributed by atoms with Crippen LogP contribution < -0.4 is 0 Å². The molecule has 0 saturated heterocycles. The zero-order chi connectivity index (χ0) is 25.9. The van der Waals surface area contributed by atoms with Crippen LogP contribution in [-0.4, -0.2) is 4.57 Å². The van der Waals surface area contributed by atoms with Gasteiger partial charge in [0.15, 0.2) is 0 Å². The summed E-state index contributed by atoms with van der Waals surface area (Å²) < 4.78 is 9.26. The normalized spacial score (nSPS) is 12.5. The molecule has 40 heavy (non-hydrogen) atoms. The number of aromatic nitrogens is 1. The smallest absolute Gasteiger partial charge is 0.146 e. The van der Waals surface area contributed by atoms with Crippen molar-refractivity contribution in [3.05, 3.63) is 127 Å². The third-order valence-corrected chi connectivity index (χ3v) is 8.88. The first-order valence-corrected chi connectivity index (χ1v) is 13.8. The maximum absolute atomic E-state index is 6.79. The Morgan fingerprint density at radius 1 is 0.400 bits per heavy atom. The van der Waals surface area contributed by atoms with E-state index in [1.807, 2.05) is 0 Å². The van der Waals surface area contributed by atoms with E-state index in [1.165, 1.54) is 71.0 Å². The summed E-state index contributed by atoms with van der Waals surface area (Å²) >= 11 is 0. The largest absolute Gasteiger partial charge is 0.455 e. The minimum atomic E-state index is 0.925. The molecule has 1 aliphatic rings. The van der Waals surface area contributed by atoms with E-state index < -0.39 is 0 Å². The molecule has 0 radical (unpaired) electrons. The van der Waals surface area contributed by atoms with E-state index in [2.05, 4.69) is 132 Å². The quantitative estimate of drug-likeness (QED) is 0.216. The van der Waals surface area contributed by atoms with Crippen molar-refractivity contribution in [2.45, 2.75) is 0 Å². The van der Waals surface area contributed by atoms with Gasteiger partial charge in [-0.05, 0) is 57.3 Å². The molecular formula is C38H21NO. The molecule has 0 spiro atoms. The fourth-order valence-corrected chi connectivity index (χ4v) is 7.36. The molecule has 0 amide bonds. The van der Waals surface area contributed by atoms with E-state index in [4.69, 9.17) is 4.42 Å². The van der Waals surface area contributed by atoms with E-state index in [-0.39, 0.29) is 0 Å². The van der Waals surface area contributed by atoms with Crippen LogP contribution in [0.1, 0.15) is 0 Å². The van der Waals surface area contributed by atoms with Crippen LogP contribution in [0.2, 0.25) is 0 Å². The second-order valence-electron chi connectivity index (χ2n) is 10.8. The Hall–Kier alpha value is -5.34. The van der Waals surface area contributed by atoms with Gasteiger partial charge in [0.1, 0.15) is 11.2 Å². The highest BCUT2D eigenvalue weighted by molar-refractivity contribution is 6.38. The van der Waals surface area contributed by atoms with Crippen molar-refractivity contribution in [2.24, 2.45) is 0 Å². The van der Waals surface area contributed by atoms with Crippen molar-refractivity contribution < 1.29 is 4.42 Å². The topological polar surface area (TPSA) is 18.1 Å². The SMILES string of the molecule is c1ccc(-n2c3c4cccc5c4c(cc3c3c4oc6ccccc6c4c4ccccc4c32)-c2ccccc2-5)cc1. The molecule has 0 N–H and O–H groups in total. The van der Waals surface area contributed by atoms with Gasteiger partial charge >= 0.3 is 0 Å². The number of hydrogen-bond donors (Lipinski definition) is 0. The third-order valence-electron chi connectivity index (χ3n) is 8.88. The lowest BCUT2D eigenvalue weighted by Gasteiger charge is -2.12. The fraction of sp³-hybridized carbons (Fsp3) is 0. The van der Waals surface area contributed by atoms with Gasteiger partial charge in [-0.2, -0.15) is 0 Å². The maximum atomic E-state index is 6.79. The van der Waals surface area contributed by atoms with Gasteiger partial charge in [0.2, 0.25) is 0 Å². The number of benzene rings is 7. The van der Waals surface area contributed by atoms with Gasteiger partial charge in [0.25, 0.3) is 0 Å². The van der Waals surface area contributed by atoms with Gasteiger partial charge in [-0.1, -0.05) is 103 Å². The van der Waals surface area contributed by atoms with Crippen LogP contribution in [-0.2, 0) is 0 Å². The van der Waals surface area contributed by atoms with E-state index in [9.17, 15) is 0 Å². The standard InChI is InChI=1S/C38H21NO/c1-2-11-22(12-3-1)39-36-29-19-10-18-25-23-13-4-5-14-24(23)30(33(25)29)21-31(36)35-37(39)27-16-7-6-15-26(27)34-28-17-8-9-20-32(28)40-38(34)35/h1-21H. The number of para-hydroxylation sites is 2. The molecule has 0 aliphatic heterocycles. The van der Waals surface area contributed by atoms with Crippen molar-refractivity contribution in [1.29, 1.82) is 0 Å². The summed E-state index contributed by atoms with van der Waals surface area (Å²) in [6, 6.07) is 46.1. The maximum Gasteiger partial charge on any atom is 0.146 e. The average molecular weight is 508 g/mol. The lowest BCUT2D eigenvalue weighted by atomic mass is 9.96. The minimum Gasteiger partial charge on any atom is -0.455 e. The molecule has 2 nitrogen and oxygen atoms in total. The molecule has 2 aromatic heterocycles. The summed E-state index contributed by atoms with van der Waals surface area (Å²) in [5.74, 6) is 0. The first kappa shape index (κ1) is 20.6. The third kappa shape index (κ3) is 2.36. The highest BCUT2D eigenvalue weighted by atomic mass is 16.3. The molecular weight excluding hydrogens is 486 g/mol. The zero-order valence-corrected chi connectivity index (χ0v) is 21.5. The Labute approximate surface area is 229 Å². The number of hydrogen-bond acceptors (Lipinski definition) is 1. The second-order valence-corrected chi connectivity index (χ2v) is 10.8. The fourth-order valence-electron chi connectivity index (χ4n) is 7.36. The van der Waals surface area contributed by atoms with Gasteiger partial charge in [0, 0.05) is 32.6 Å². The predicted octanol–water partition coefficient (Wildman–Crippen LogP) is 10.6. The summed E-state index contributed by atoms with van der Waals surface area (Å²) in [7, 11) is 0. The summed E-state index contributed by atoms with van der Waals surface area (Å²) in [5.41, 5.74) is 10.7. The van der Waals surface area contributed by atoms with Crippen LogP contribution in [0.3, 0.4) is 0 Å². The molecule has 0 saturated carbocycles. The van der Waals surface area contributed by atoms with Crippen molar-refractivity contribution in [3.8, 4) is 27.9 Å². The minimum absolute atomic E-state index is 0.925. The van der Waals surface area contributed by atoms with Crippen molar-refractivity contribution >= 4 is 65.3 Å². The van der Waals surface area contributed by atoms with E-state index in [0.717, 1.165) is 22.2 Å². The van der Waals surface area contributed by atoms with Crippen LogP contribution in [0, 0.1) is 0 Å². The van der Waals surface area contributed by atoms with Crippen LogP contribution in [0.25, 0.3) is 93.2 Å². The highest BCUT2D eigenvalue weighted by Gasteiger charge is 2.28. The molecule has 1 aliphatic carbocycles. The summed E-state index contributed by atoms with van der Waals surface area (Å²) in [6.45, 7) is 0. The van der Waals surface area contributed by atoms with Crippen molar-refractivity contribution in [3.63, 3.8) is 0 Å². The van der Waals surface area contributed by atoms with Crippen LogP contribution >= 0.6 is 0 Å². The van der Waals surface area contributed by atoms with Gasteiger partial charge in [-0.3, -0.25) is 0 Å². The zero-order valence-electron chi connectivity index (χ0n) is 21.5. The summed E-state index contributed by atoms with van der Waals surface area (Å²) in [5, 5.41) is 9.82. The average Bonchev–Trinajstić information content (AvgIpc) is 3.68.